The Kier molecular flexibility index (Phi) is 5.56. The molecule has 1 heterocycles. The average Bonchev–Trinajstić information content (AvgIpc) is 3.40. The monoisotopic (exact) mass is 390 g/mol. The highest BCUT2D eigenvalue weighted by Gasteiger charge is 2.26. The predicted molar refractivity (Wildman–Crippen MR) is 107 cm³/mol. The van der Waals surface area contributed by atoms with Gasteiger partial charge in [0, 0.05) is 23.7 Å². The SMILES string of the molecule is CCOc1ccc(-c2nc(-c3cccc4c3CC[C@@H]4NCCO)no2)cc1C#N. The summed E-state index contributed by atoms with van der Waals surface area (Å²) in [6.45, 7) is 3.06. The molecule has 0 aliphatic heterocycles. The van der Waals surface area contributed by atoms with Gasteiger partial charge in [-0.05, 0) is 49.1 Å². The highest BCUT2D eigenvalue weighted by Crippen LogP contribution is 2.37. The summed E-state index contributed by atoms with van der Waals surface area (Å²) in [5.41, 5.74) is 4.49. The van der Waals surface area contributed by atoms with Crippen molar-refractivity contribution in [1.82, 2.24) is 15.5 Å². The van der Waals surface area contributed by atoms with Crippen LogP contribution in [0.3, 0.4) is 0 Å². The molecule has 0 bridgehead atoms. The van der Waals surface area contributed by atoms with E-state index in [1.165, 1.54) is 11.1 Å². The van der Waals surface area contributed by atoms with Crippen LogP contribution < -0.4 is 10.1 Å². The van der Waals surface area contributed by atoms with Gasteiger partial charge in [0.15, 0.2) is 0 Å². The third-order valence-electron chi connectivity index (χ3n) is 5.09. The lowest BCUT2D eigenvalue weighted by atomic mass is 10.0. The van der Waals surface area contributed by atoms with Crippen molar-refractivity contribution in [3.05, 3.63) is 53.1 Å². The topological polar surface area (TPSA) is 104 Å². The Hall–Kier alpha value is -3.21. The number of fused-ring (bicyclic) bond motifs is 1. The highest BCUT2D eigenvalue weighted by molar-refractivity contribution is 5.67. The summed E-state index contributed by atoms with van der Waals surface area (Å²) in [5, 5.41) is 26.0. The number of nitrogens with zero attached hydrogens (tertiary/aromatic N) is 3. The van der Waals surface area contributed by atoms with Gasteiger partial charge in [-0.2, -0.15) is 10.2 Å². The maximum atomic E-state index is 9.37. The highest BCUT2D eigenvalue weighted by atomic mass is 16.5. The van der Waals surface area contributed by atoms with Crippen molar-refractivity contribution in [3.8, 4) is 34.7 Å². The molecule has 2 aromatic carbocycles. The van der Waals surface area contributed by atoms with Gasteiger partial charge >= 0.3 is 0 Å². The van der Waals surface area contributed by atoms with Gasteiger partial charge in [-0.3, -0.25) is 0 Å². The molecule has 1 atom stereocenters. The van der Waals surface area contributed by atoms with E-state index in [-0.39, 0.29) is 12.6 Å². The van der Waals surface area contributed by atoms with E-state index in [1.54, 1.807) is 12.1 Å². The fraction of sp³-hybridized carbons (Fsp3) is 0.318. The number of hydrogen-bond donors (Lipinski definition) is 2. The molecular weight excluding hydrogens is 368 g/mol. The lowest BCUT2D eigenvalue weighted by Crippen LogP contribution is -2.22. The van der Waals surface area contributed by atoms with Gasteiger partial charge in [0.25, 0.3) is 5.89 Å². The van der Waals surface area contributed by atoms with Gasteiger partial charge in [-0.1, -0.05) is 23.4 Å². The molecule has 2 N–H and O–H groups in total. The van der Waals surface area contributed by atoms with Crippen LogP contribution in [0.15, 0.2) is 40.9 Å². The van der Waals surface area contributed by atoms with Gasteiger partial charge in [0.1, 0.15) is 11.8 Å². The standard InChI is InChI=1S/C22H22N4O3/c1-2-28-20-9-6-14(12-15(20)13-23)22-25-21(26-29-22)18-5-3-4-17-16(18)7-8-19(17)24-10-11-27/h3-6,9,12,19,24,27H,2,7-8,10-11H2,1H3/t19-/m0/s1. The molecule has 0 radical (unpaired) electrons. The molecule has 0 saturated carbocycles. The summed E-state index contributed by atoms with van der Waals surface area (Å²) in [6.07, 6.45) is 1.89. The van der Waals surface area contributed by atoms with Crippen molar-refractivity contribution >= 4 is 0 Å². The van der Waals surface area contributed by atoms with Crippen LogP contribution in [-0.4, -0.2) is 35.0 Å². The summed E-state index contributed by atoms with van der Waals surface area (Å²) in [7, 11) is 0. The Balaban J connectivity index is 1.64. The van der Waals surface area contributed by atoms with Crippen LogP contribution in [0.5, 0.6) is 5.75 Å². The Bertz CT molecular complexity index is 1050. The van der Waals surface area contributed by atoms with Crippen LogP contribution in [0.4, 0.5) is 0 Å². The Morgan fingerprint density at radius 1 is 1.34 bits per heavy atom. The van der Waals surface area contributed by atoms with Gasteiger partial charge in [-0.15, -0.1) is 0 Å². The van der Waals surface area contributed by atoms with Crippen molar-refractivity contribution in [3.63, 3.8) is 0 Å². The molecule has 1 aromatic heterocycles. The third-order valence-corrected chi connectivity index (χ3v) is 5.09. The number of aromatic nitrogens is 2. The van der Waals surface area contributed by atoms with Crippen LogP contribution >= 0.6 is 0 Å². The molecule has 29 heavy (non-hydrogen) atoms. The largest absolute Gasteiger partial charge is 0.492 e. The molecular formula is C22H22N4O3. The Morgan fingerprint density at radius 3 is 3.03 bits per heavy atom. The first kappa shape index (κ1) is 19.1. The first-order valence-corrected chi connectivity index (χ1v) is 9.72. The number of benzene rings is 2. The van der Waals surface area contributed by atoms with Crippen LogP contribution in [-0.2, 0) is 6.42 Å². The van der Waals surface area contributed by atoms with Crippen molar-refractivity contribution < 1.29 is 14.4 Å². The minimum atomic E-state index is 0.118. The van der Waals surface area contributed by atoms with E-state index in [0.29, 0.717) is 41.7 Å². The second kappa shape index (κ2) is 8.43. The van der Waals surface area contributed by atoms with Crippen molar-refractivity contribution in [1.29, 1.82) is 5.26 Å². The van der Waals surface area contributed by atoms with E-state index in [2.05, 4.69) is 27.6 Å². The zero-order valence-corrected chi connectivity index (χ0v) is 16.2. The zero-order valence-electron chi connectivity index (χ0n) is 16.2. The molecule has 0 spiro atoms. The fourth-order valence-corrected chi connectivity index (χ4v) is 3.80. The number of nitrogens with one attached hydrogen (secondary N) is 1. The molecule has 0 fully saturated rings. The first-order valence-electron chi connectivity index (χ1n) is 9.72. The van der Waals surface area contributed by atoms with Crippen LogP contribution in [0.2, 0.25) is 0 Å². The van der Waals surface area contributed by atoms with E-state index in [0.717, 1.165) is 18.4 Å². The molecule has 0 amide bonds. The average molecular weight is 390 g/mol. The van der Waals surface area contributed by atoms with Crippen molar-refractivity contribution in [2.45, 2.75) is 25.8 Å². The fourth-order valence-electron chi connectivity index (χ4n) is 3.80. The number of ether oxygens (including phenoxy) is 1. The smallest absolute Gasteiger partial charge is 0.258 e. The molecule has 0 unspecified atom stereocenters. The first-order chi connectivity index (χ1) is 14.2. The zero-order chi connectivity index (χ0) is 20.2. The van der Waals surface area contributed by atoms with Crippen molar-refractivity contribution in [2.24, 2.45) is 0 Å². The number of rotatable bonds is 7. The second-order valence-electron chi connectivity index (χ2n) is 6.82. The molecule has 7 heteroatoms. The number of nitriles is 1. The minimum absolute atomic E-state index is 0.118. The van der Waals surface area contributed by atoms with E-state index in [1.807, 2.05) is 25.1 Å². The molecule has 0 saturated heterocycles. The van der Waals surface area contributed by atoms with Crippen molar-refractivity contribution in [2.75, 3.05) is 19.8 Å². The molecule has 148 valence electrons. The van der Waals surface area contributed by atoms with Crippen LogP contribution in [0, 0.1) is 11.3 Å². The van der Waals surface area contributed by atoms with E-state index in [9.17, 15) is 5.26 Å². The van der Waals surface area contributed by atoms with Gasteiger partial charge < -0.3 is 19.7 Å². The molecule has 1 aliphatic rings. The lowest BCUT2D eigenvalue weighted by Gasteiger charge is -2.13. The maximum Gasteiger partial charge on any atom is 0.258 e. The Labute approximate surface area is 168 Å². The summed E-state index contributed by atoms with van der Waals surface area (Å²) in [6, 6.07) is 13.7. The van der Waals surface area contributed by atoms with Crippen LogP contribution in [0.1, 0.15) is 36.1 Å². The van der Waals surface area contributed by atoms with E-state index < -0.39 is 0 Å². The molecule has 4 rings (SSSR count). The van der Waals surface area contributed by atoms with Gasteiger partial charge in [-0.25, -0.2) is 0 Å². The van der Waals surface area contributed by atoms with Crippen LogP contribution in [0.25, 0.3) is 22.8 Å². The quantitative estimate of drug-likeness (QED) is 0.638. The lowest BCUT2D eigenvalue weighted by molar-refractivity contribution is 0.284. The molecule has 1 aliphatic carbocycles. The normalized spacial score (nSPS) is 15.1. The Morgan fingerprint density at radius 2 is 2.24 bits per heavy atom. The predicted octanol–water partition coefficient (Wildman–Crippen LogP) is 3.24. The number of aliphatic hydroxyl groups is 1. The number of hydrogen-bond acceptors (Lipinski definition) is 7. The molecule has 3 aromatic rings. The summed E-state index contributed by atoms with van der Waals surface area (Å²) in [5.74, 6) is 1.44. The third kappa shape index (κ3) is 3.73. The van der Waals surface area contributed by atoms with Gasteiger partial charge in [0.05, 0.1) is 18.8 Å². The maximum absolute atomic E-state index is 9.37. The molecule has 7 nitrogen and oxygen atoms in total. The van der Waals surface area contributed by atoms with Gasteiger partial charge in [0.2, 0.25) is 5.82 Å². The van der Waals surface area contributed by atoms with E-state index >= 15 is 0 Å². The summed E-state index contributed by atoms with van der Waals surface area (Å²) >= 11 is 0. The number of aliphatic hydroxyl groups excluding tert-OH is 1. The summed E-state index contributed by atoms with van der Waals surface area (Å²) in [4.78, 5) is 4.58. The second-order valence-corrected chi connectivity index (χ2v) is 6.82. The summed E-state index contributed by atoms with van der Waals surface area (Å²) < 4.78 is 11.0. The van der Waals surface area contributed by atoms with E-state index in [4.69, 9.17) is 14.4 Å². The minimum Gasteiger partial charge on any atom is -0.492 e.